The summed E-state index contributed by atoms with van der Waals surface area (Å²) >= 11 is 1.75. The Kier molecular flexibility index (Phi) is 7.19. The first-order valence-electron chi connectivity index (χ1n) is 7.32. The van der Waals surface area contributed by atoms with E-state index in [-0.39, 0.29) is 24.0 Å². The van der Waals surface area contributed by atoms with Gasteiger partial charge in [0, 0.05) is 30.0 Å². The molecule has 0 saturated carbocycles. The minimum absolute atomic E-state index is 0. The Morgan fingerprint density at radius 2 is 2.21 bits per heavy atom. The van der Waals surface area contributed by atoms with Crippen molar-refractivity contribution in [1.82, 2.24) is 20.1 Å². The summed E-state index contributed by atoms with van der Waals surface area (Å²) in [5.41, 5.74) is 6.88. The molecule has 126 valence electrons. The number of hydrogen-bond acceptors (Lipinski definition) is 4. The summed E-state index contributed by atoms with van der Waals surface area (Å²) in [5.74, 6) is 1.24. The lowest BCUT2D eigenvalue weighted by Crippen LogP contribution is -2.33. The molecular weight excluding hydrogens is 435 g/mol. The number of rotatable bonds is 6. The van der Waals surface area contributed by atoms with E-state index in [0.29, 0.717) is 12.5 Å². The molecular formula is C16H19IN6S. The van der Waals surface area contributed by atoms with E-state index in [1.54, 1.807) is 28.4 Å². The van der Waals surface area contributed by atoms with Gasteiger partial charge >= 0.3 is 0 Å². The summed E-state index contributed by atoms with van der Waals surface area (Å²) in [5, 5.41) is 9.34. The summed E-state index contributed by atoms with van der Waals surface area (Å²) in [6.45, 7) is 1.29. The molecule has 0 amide bonds. The van der Waals surface area contributed by atoms with Crippen molar-refractivity contribution in [3.8, 4) is 5.82 Å². The van der Waals surface area contributed by atoms with E-state index in [1.165, 1.54) is 4.88 Å². The predicted molar refractivity (Wildman–Crippen MR) is 108 cm³/mol. The third-order valence-electron chi connectivity index (χ3n) is 3.24. The molecule has 0 fully saturated rings. The van der Waals surface area contributed by atoms with Crippen molar-refractivity contribution in [3.63, 3.8) is 0 Å². The summed E-state index contributed by atoms with van der Waals surface area (Å²) in [4.78, 5) is 10.0. The summed E-state index contributed by atoms with van der Waals surface area (Å²) in [6, 6.07) is 9.93. The monoisotopic (exact) mass is 454 g/mol. The van der Waals surface area contributed by atoms with Crippen LogP contribution in [0.1, 0.15) is 10.4 Å². The zero-order chi connectivity index (χ0) is 15.9. The number of nitrogens with one attached hydrogen (secondary N) is 1. The van der Waals surface area contributed by atoms with Crippen LogP contribution in [0.5, 0.6) is 0 Å². The van der Waals surface area contributed by atoms with Crippen LogP contribution in [0.4, 0.5) is 0 Å². The van der Waals surface area contributed by atoms with Gasteiger partial charge in [-0.25, -0.2) is 14.7 Å². The molecule has 0 aliphatic rings. The molecule has 0 aromatic carbocycles. The van der Waals surface area contributed by atoms with Gasteiger partial charge in [-0.3, -0.25) is 0 Å². The van der Waals surface area contributed by atoms with Gasteiger partial charge in [-0.15, -0.1) is 35.3 Å². The number of pyridine rings is 1. The van der Waals surface area contributed by atoms with Crippen molar-refractivity contribution in [3.05, 3.63) is 64.7 Å². The van der Waals surface area contributed by atoms with Gasteiger partial charge in [0.15, 0.2) is 11.8 Å². The standard InChI is InChI=1S/C16H18N6S.HI/c17-16(18-8-6-14-3-1-10-23-14)20-12-13-4-5-15(19-11-13)22-9-2-7-21-22;/h1-5,7,9-11H,6,8,12H2,(H3,17,18,20);1H. The highest BCUT2D eigenvalue weighted by Crippen LogP contribution is 2.08. The fraction of sp³-hybridized carbons (Fsp3) is 0.188. The Morgan fingerprint density at radius 1 is 1.29 bits per heavy atom. The third kappa shape index (κ3) is 5.31. The first-order valence-corrected chi connectivity index (χ1v) is 8.20. The van der Waals surface area contributed by atoms with Crippen LogP contribution in [0.3, 0.4) is 0 Å². The lowest BCUT2D eigenvalue weighted by Gasteiger charge is -2.05. The van der Waals surface area contributed by atoms with E-state index in [9.17, 15) is 0 Å². The second-order valence-corrected chi connectivity index (χ2v) is 5.97. The van der Waals surface area contributed by atoms with Crippen molar-refractivity contribution in [2.45, 2.75) is 13.0 Å². The number of hydrogen-bond donors (Lipinski definition) is 2. The lowest BCUT2D eigenvalue weighted by molar-refractivity contribution is 0.839. The van der Waals surface area contributed by atoms with Crippen LogP contribution in [0.25, 0.3) is 5.82 Å². The molecule has 3 N–H and O–H groups in total. The predicted octanol–water partition coefficient (Wildman–Crippen LogP) is 2.59. The fourth-order valence-corrected chi connectivity index (χ4v) is 2.76. The van der Waals surface area contributed by atoms with Crippen LogP contribution in [-0.4, -0.2) is 27.3 Å². The Hall–Kier alpha value is -1.94. The van der Waals surface area contributed by atoms with Crippen molar-refractivity contribution in [2.75, 3.05) is 6.54 Å². The van der Waals surface area contributed by atoms with Crippen LogP contribution in [-0.2, 0) is 13.0 Å². The van der Waals surface area contributed by atoms with Gasteiger partial charge in [-0.2, -0.15) is 5.10 Å². The van der Waals surface area contributed by atoms with Crippen LogP contribution in [0.2, 0.25) is 0 Å². The number of halogens is 1. The normalized spacial score (nSPS) is 11.1. The molecule has 0 spiro atoms. The topological polar surface area (TPSA) is 81.1 Å². The van der Waals surface area contributed by atoms with E-state index < -0.39 is 0 Å². The molecule has 0 radical (unpaired) electrons. The van der Waals surface area contributed by atoms with E-state index in [0.717, 1.165) is 24.3 Å². The number of thiophene rings is 1. The van der Waals surface area contributed by atoms with Gasteiger partial charge in [-0.05, 0) is 35.6 Å². The lowest BCUT2D eigenvalue weighted by atomic mass is 10.3. The highest BCUT2D eigenvalue weighted by molar-refractivity contribution is 14.0. The number of guanidine groups is 1. The summed E-state index contributed by atoms with van der Waals surface area (Å²) in [6.07, 6.45) is 6.32. The van der Waals surface area contributed by atoms with E-state index in [4.69, 9.17) is 5.73 Å². The van der Waals surface area contributed by atoms with Gasteiger partial charge < -0.3 is 11.1 Å². The first kappa shape index (κ1) is 18.4. The smallest absolute Gasteiger partial charge is 0.188 e. The first-order chi connectivity index (χ1) is 11.3. The van der Waals surface area contributed by atoms with Crippen LogP contribution >= 0.6 is 35.3 Å². The maximum atomic E-state index is 5.88. The summed E-state index contributed by atoms with van der Waals surface area (Å²) in [7, 11) is 0. The highest BCUT2D eigenvalue weighted by Gasteiger charge is 1.99. The number of nitrogens with zero attached hydrogens (tertiary/aromatic N) is 4. The van der Waals surface area contributed by atoms with Crippen molar-refractivity contribution in [1.29, 1.82) is 0 Å². The zero-order valence-corrected chi connectivity index (χ0v) is 16.1. The Morgan fingerprint density at radius 3 is 2.88 bits per heavy atom. The molecule has 0 aliphatic carbocycles. The molecule has 3 heterocycles. The number of aromatic nitrogens is 3. The average molecular weight is 454 g/mol. The molecule has 24 heavy (non-hydrogen) atoms. The van der Waals surface area contributed by atoms with E-state index >= 15 is 0 Å². The highest BCUT2D eigenvalue weighted by atomic mass is 127. The third-order valence-corrected chi connectivity index (χ3v) is 4.17. The zero-order valence-electron chi connectivity index (χ0n) is 13.0. The summed E-state index contributed by atoms with van der Waals surface area (Å²) < 4.78 is 1.72. The van der Waals surface area contributed by atoms with Crippen molar-refractivity contribution in [2.24, 2.45) is 10.7 Å². The van der Waals surface area contributed by atoms with Gasteiger partial charge in [0.1, 0.15) is 0 Å². The van der Waals surface area contributed by atoms with E-state index in [1.807, 2.05) is 24.4 Å². The minimum atomic E-state index is 0. The molecule has 0 unspecified atom stereocenters. The second-order valence-electron chi connectivity index (χ2n) is 4.93. The fourth-order valence-electron chi connectivity index (χ4n) is 2.05. The second kappa shape index (κ2) is 9.38. The Labute approximate surface area is 161 Å². The number of nitrogens with two attached hydrogens (primary N) is 1. The molecule has 6 nitrogen and oxygen atoms in total. The molecule has 0 saturated heterocycles. The Bertz CT molecular complexity index is 737. The largest absolute Gasteiger partial charge is 0.370 e. The van der Waals surface area contributed by atoms with Crippen LogP contribution < -0.4 is 11.1 Å². The maximum Gasteiger partial charge on any atom is 0.188 e. The SMILES string of the molecule is I.NC(=NCc1ccc(-n2cccn2)nc1)NCCc1cccs1. The van der Waals surface area contributed by atoms with Gasteiger partial charge in [0.25, 0.3) is 0 Å². The molecule has 3 aromatic heterocycles. The molecule has 8 heteroatoms. The van der Waals surface area contributed by atoms with Gasteiger partial charge in [0.05, 0.1) is 6.54 Å². The number of aliphatic imine (C=N–C) groups is 1. The molecule has 3 aromatic rings. The van der Waals surface area contributed by atoms with Gasteiger partial charge in [0.2, 0.25) is 0 Å². The molecule has 0 bridgehead atoms. The van der Waals surface area contributed by atoms with Crippen LogP contribution in [0.15, 0.2) is 59.3 Å². The quantitative estimate of drug-likeness (QED) is 0.341. The van der Waals surface area contributed by atoms with Crippen molar-refractivity contribution >= 4 is 41.3 Å². The minimum Gasteiger partial charge on any atom is -0.370 e. The van der Waals surface area contributed by atoms with Crippen molar-refractivity contribution < 1.29 is 0 Å². The van der Waals surface area contributed by atoms with Gasteiger partial charge in [-0.1, -0.05) is 12.1 Å². The average Bonchev–Trinajstić information content (AvgIpc) is 3.27. The van der Waals surface area contributed by atoms with Crippen LogP contribution in [0, 0.1) is 0 Å². The van der Waals surface area contributed by atoms with E-state index in [2.05, 4.69) is 37.9 Å². The molecule has 3 rings (SSSR count). The molecule has 0 atom stereocenters. The maximum absolute atomic E-state index is 5.88. The molecule has 0 aliphatic heterocycles. The Balaban J connectivity index is 0.00000208.